The van der Waals surface area contributed by atoms with Crippen LogP contribution in [0.3, 0.4) is 0 Å². The van der Waals surface area contributed by atoms with Gasteiger partial charge < -0.3 is 16.0 Å². The summed E-state index contributed by atoms with van der Waals surface area (Å²) < 4.78 is 0. The van der Waals surface area contributed by atoms with E-state index in [1.807, 2.05) is 18.0 Å². The molecule has 0 saturated heterocycles. The average Bonchev–Trinajstić information content (AvgIpc) is 2.34. The highest BCUT2D eigenvalue weighted by atomic mass is 16.1. The molecule has 0 atom stereocenters. The first-order chi connectivity index (χ1) is 8.45. The molecular weight excluding hydrogens is 230 g/mol. The SMILES string of the molecule is CNC(=O)CCN(C)c1ccc(C(C)=O)c(N)c1. The topological polar surface area (TPSA) is 75.4 Å². The monoisotopic (exact) mass is 249 g/mol. The Morgan fingerprint density at radius 1 is 1.39 bits per heavy atom. The van der Waals surface area contributed by atoms with Crippen molar-refractivity contribution in [1.82, 2.24) is 5.32 Å². The summed E-state index contributed by atoms with van der Waals surface area (Å²) in [5, 5.41) is 2.57. The van der Waals surface area contributed by atoms with E-state index in [2.05, 4.69) is 5.32 Å². The van der Waals surface area contributed by atoms with Crippen molar-refractivity contribution in [2.45, 2.75) is 13.3 Å². The molecule has 0 spiro atoms. The van der Waals surface area contributed by atoms with E-state index in [1.54, 1.807) is 19.2 Å². The van der Waals surface area contributed by atoms with Gasteiger partial charge in [0.15, 0.2) is 5.78 Å². The van der Waals surface area contributed by atoms with Gasteiger partial charge in [-0.25, -0.2) is 0 Å². The summed E-state index contributed by atoms with van der Waals surface area (Å²) in [6.45, 7) is 2.08. The number of nitrogens with one attached hydrogen (secondary N) is 1. The first-order valence-electron chi connectivity index (χ1n) is 5.78. The van der Waals surface area contributed by atoms with Crippen LogP contribution in [0.2, 0.25) is 0 Å². The molecule has 0 aliphatic carbocycles. The largest absolute Gasteiger partial charge is 0.398 e. The molecule has 0 fully saturated rings. The molecule has 1 aromatic rings. The van der Waals surface area contributed by atoms with Crippen molar-refractivity contribution in [2.75, 3.05) is 31.3 Å². The minimum Gasteiger partial charge on any atom is -0.398 e. The van der Waals surface area contributed by atoms with E-state index in [0.717, 1.165) is 5.69 Å². The van der Waals surface area contributed by atoms with Crippen LogP contribution < -0.4 is 16.0 Å². The van der Waals surface area contributed by atoms with Crippen LogP contribution in [0, 0.1) is 0 Å². The maximum atomic E-state index is 11.3. The number of benzene rings is 1. The number of amides is 1. The fourth-order valence-electron chi connectivity index (χ4n) is 1.63. The minimum atomic E-state index is -0.0490. The van der Waals surface area contributed by atoms with Gasteiger partial charge >= 0.3 is 0 Å². The summed E-state index contributed by atoms with van der Waals surface area (Å²) in [6.07, 6.45) is 0.418. The number of carbonyl (C=O) groups is 2. The molecule has 0 aliphatic rings. The van der Waals surface area contributed by atoms with Crippen molar-refractivity contribution >= 4 is 23.1 Å². The Morgan fingerprint density at radius 2 is 2.06 bits per heavy atom. The fraction of sp³-hybridized carbons (Fsp3) is 0.385. The number of rotatable bonds is 5. The normalized spacial score (nSPS) is 9.94. The van der Waals surface area contributed by atoms with Crippen LogP contribution in [-0.2, 0) is 4.79 Å². The van der Waals surface area contributed by atoms with Gasteiger partial charge in [-0.2, -0.15) is 0 Å². The molecule has 5 heteroatoms. The minimum absolute atomic E-state index is 0.00446. The Hall–Kier alpha value is -2.04. The van der Waals surface area contributed by atoms with E-state index < -0.39 is 0 Å². The summed E-state index contributed by atoms with van der Waals surface area (Å²) in [5.41, 5.74) is 7.70. The van der Waals surface area contributed by atoms with Crippen LogP contribution in [-0.4, -0.2) is 32.3 Å². The summed E-state index contributed by atoms with van der Waals surface area (Å²) in [4.78, 5) is 24.3. The predicted octanol–water partition coefficient (Wildman–Crippen LogP) is 1.04. The van der Waals surface area contributed by atoms with Gasteiger partial charge in [-0.15, -0.1) is 0 Å². The molecule has 0 unspecified atom stereocenters. The van der Waals surface area contributed by atoms with Gasteiger partial charge in [0.2, 0.25) is 5.91 Å². The number of anilines is 2. The van der Waals surface area contributed by atoms with Crippen LogP contribution >= 0.6 is 0 Å². The zero-order valence-electron chi connectivity index (χ0n) is 11.0. The molecule has 0 aliphatic heterocycles. The lowest BCUT2D eigenvalue weighted by Crippen LogP contribution is -2.26. The molecular formula is C13H19N3O2. The van der Waals surface area contributed by atoms with E-state index >= 15 is 0 Å². The molecule has 0 bridgehead atoms. The second-order valence-electron chi connectivity index (χ2n) is 4.17. The van der Waals surface area contributed by atoms with Gasteiger partial charge in [0.25, 0.3) is 0 Å². The lowest BCUT2D eigenvalue weighted by atomic mass is 10.1. The standard InChI is InChI=1S/C13H19N3O2/c1-9(17)11-5-4-10(8-12(11)14)16(3)7-6-13(18)15-2/h4-5,8H,6-7,14H2,1-3H3,(H,15,18). The predicted molar refractivity (Wildman–Crippen MR) is 72.8 cm³/mol. The number of nitrogen functional groups attached to an aromatic ring is 1. The average molecular weight is 249 g/mol. The third-order valence-corrected chi connectivity index (χ3v) is 2.81. The molecule has 1 amide bonds. The van der Waals surface area contributed by atoms with E-state index in [-0.39, 0.29) is 11.7 Å². The Labute approximate surface area is 107 Å². The van der Waals surface area contributed by atoms with Gasteiger partial charge in [0.1, 0.15) is 0 Å². The molecule has 0 heterocycles. The van der Waals surface area contributed by atoms with E-state index in [4.69, 9.17) is 5.73 Å². The van der Waals surface area contributed by atoms with E-state index in [9.17, 15) is 9.59 Å². The van der Waals surface area contributed by atoms with Gasteiger partial charge in [-0.1, -0.05) is 0 Å². The maximum absolute atomic E-state index is 11.3. The quantitative estimate of drug-likeness (QED) is 0.604. The smallest absolute Gasteiger partial charge is 0.221 e. The third kappa shape index (κ3) is 3.48. The van der Waals surface area contributed by atoms with Crippen molar-refractivity contribution in [1.29, 1.82) is 0 Å². The molecule has 5 nitrogen and oxygen atoms in total. The molecule has 18 heavy (non-hydrogen) atoms. The fourth-order valence-corrected chi connectivity index (χ4v) is 1.63. The highest BCUT2D eigenvalue weighted by Gasteiger charge is 2.08. The second kappa shape index (κ2) is 6.05. The lowest BCUT2D eigenvalue weighted by Gasteiger charge is -2.19. The molecule has 0 aromatic heterocycles. The van der Waals surface area contributed by atoms with Crippen LogP contribution in [0.15, 0.2) is 18.2 Å². The molecule has 1 rings (SSSR count). The molecule has 0 radical (unpaired) electrons. The summed E-state index contributed by atoms with van der Waals surface area (Å²) in [5.74, 6) is -0.0535. The first kappa shape index (κ1) is 14.0. The number of nitrogens with zero attached hydrogens (tertiary/aromatic N) is 1. The Kier molecular flexibility index (Phi) is 4.71. The Bertz CT molecular complexity index is 458. The molecule has 3 N–H and O–H groups in total. The zero-order valence-corrected chi connectivity index (χ0v) is 11.0. The summed E-state index contributed by atoms with van der Waals surface area (Å²) >= 11 is 0. The van der Waals surface area contributed by atoms with Crippen molar-refractivity contribution in [3.8, 4) is 0 Å². The number of Topliss-reactive ketones (excluding diaryl/α,β-unsaturated/α-hetero) is 1. The molecule has 0 saturated carbocycles. The number of ketones is 1. The van der Waals surface area contributed by atoms with Gasteiger partial charge in [0, 0.05) is 44.0 Å². The van der Waals surface area contributed by atoms with Crippen LogP contribution in [0.25, 0.3) is 0 Å². The van der Waals surface area contributed by atoms with E-state index in [0.29, 0.717) is 24.2 Å². The van der Waals surface area contributed by atoms with Gasteiger partial charge in [0.05, 0.1) is 0 Å². The third-order valence-electron chi connectivity index (χ3n) is 2.81. The highest BCUT2D eigenvalue weighted by Crippen LogP contribution is 2.21. The Balaban J connectivity index is 2.75. The highest BCUT2D eigenvalue weighted by molar-refractivity contribution is 5.99. The molecule has 98 valence electrons. The van der Waals surface area contributed by atoms with E-state index in [1.165, 1.54) is 6.92 Å². The Morgan fingerprint density at radius 3 is 2.56 bits per heavy atom. The lowest BCUT2D eigenvalue weighted by molar-refractivity contribution is -0.120. The maximum Gasteiger partial charge on any atom is 0.221 e. The van der Waals surface area contributed by atoms with Crippen molar-refractivity contribution in [3.63, 3.8) is 0 Å². The van der Waals surface area contributed by atoms with Crippen molar-refractivity contribution in [2.24, 2.45) is 0 Å². The number of nitrogens with two attached hydrogens (primary N) is 1. The first-order valence-corrected chi connectivity index (χ1v) is 5.78. The second-order valence-corrected chi connectivity index (χ2v) is 4.17. The van der Waals surface area contributed by atoms with Crippen LogP contribution in [0.1, 0.15) is 23.7 Å². The number of carbonyl (C=O) groups excluding carboxylic acids is 2. The van der Waals surface area contributed by atoms with Crippen LogP contribution in [0.4, 0.5) is 11.4 Å². The van der Waals surface area contributed by atoms with Crippen molar-refractivity contribution < 1.29 is 9.59 Å². The zero-order chi connectivity index (χ0) is 13.7. The molecule has 1 aromatic carbocycles. The number of hydrogen-bond donors (Lipinski definition) is 2. The summed E-state index contributed by atoms with van der Waals surface area (Å²) in [6, 6.07) is 5.29. The van der Waals surface area contributed by atoms with Crippen LogP contribution in [0.5, 0.6) is 0 Å². The number of hydrogen-bond acceptors (Lipinski definition) is 4. The van der Waals surface area contributed by atoms with Gasteiger partial charge in [-0.3, -0.25) is 9.59 Å². The van der Waals surface area contributed by atoms with Gasteiger partial charge in [-0.05, 0) is 25.1 Å². The van der Waals surface area contributed by atoms with Crippen molar-refractivity contribution in [3.05, 3.63) is 23.8 Å². The summed E-state index contributed by atoms with van der Waals surface area (Å²) in [7, 11) is 3.49.